The number of H-pyrrole nitrogens is 1. The van der Waals surface area contributed by atoms with Crippen molar-refractivity contribution in [3.05, 3.63) is 83.0 Å². The normalized spacial score (nSPS) is 19.0. The molecule has 0 saturated carbocycles. The lowest BCUT2D eigenvalue weighted by molar-refractivity contribution is 0.560. The van der Waals surface area contributed by atoms with Gasteiger partial charge in [0.15, 0.2) is 5.65 Å². The predicted octanol–water partition coefficient (Wildman–Crippen LogP) is 5.61. The van der Waals surface area contributed by atoms with Gasteiger partial charge < -0.3 is 14.8 Å². The van der Waals surface area contributed by atoms with Crippen molar-refractivity contribution in [3.8, 4) is 17.5 Å². The van der Waals surface area contributed by atoms with Crippen LogP contribution in [0.5, 0.6) is 0 Å². The SMILES string of the molecule is [C-]#[N+][C@@H]1CCCN1c1cc2nc(-c3cnn4ccc(N5CCC[C@@H]5c5cc(F)ccc5F)nc34)[nH]c2cc1C#N. The first-order valence-electron chi connectivity index (χ1n) is 13.2. The van der Waals surface area contributed by atoms with Crippen LogP contribution in [0, 0.1) is 29.5 Å². The molecule has 198 valence electrons. The Labute approximate surface area is 228 Å². The molecule has 0 unspecified atom stereocenters. The molecule has 0 radical (unpaired) electrons. The maximum atomic E-state index is 14.6. The molecule has 2 aliphatic rings. The van der Waals surface area contributed by atoms with Crippen molar-refractivity contribution in [2.24, 2.45) is 0 Å². The van der Waals surface area contributed by atoms with Gasteiger partial charge in [-0.15, -0.1) is 0 Å². The van der Waals surface area contributed by atoms with Gasteiger partial charge in [0.25, 0.3) is 6.17 Å². The van der Waals surface area contributed by atoms with E-state index >= 15 is 0 Å². The Morgan fingerprint density at radius 3 is 2.75 bits per heavy atom. The molecular formula is C29H23F2N9. The van der Waals surface area contributed by atoms with E-state index in [-0.39, 0.29) is 12.2 Å². The van der Waals surface area contributed by atoms with E-state index in [1.54, 1.807) is 23.0 Å². The first kappa shape index (κ1) is 24.0. The summed E-state index contributed by atoms with van der Waals surface area (Å²) in [6, 6.07) is 11.0. The minimum absolute atomic E-state index is 0.277. The molecule has 1 N–H and O–H groups in total. The second-order valence-corrected chi connectivity index (χ2v) is 10.2. The van der Waals surface area contributed by atoms with Gasteiger partial charge in [-0.25, -0.2) is 29.8 Å². The highest BCUT2D eigenvalue weighted by Crippen LogP contribution is 2.38. The van der Waals surface area contributed by atoms with Gasteiger partial charge in [-0.05, 0) is 55.7 Å². The first-order valence-corrected chi connectivity index (χ1v) is 13.2. The summed E-state index contributed by atoms with van der Waals surface area (Å²) in [5.41, 5.74) is 4.15. The van der Waals surface area contributed by atoms with Crippen molar-refractivity contribution in [1.29, 1.82) is 5.26 Å². The standard InChI is InChI=1S/C29H23F2N9/c1-33-26-5-3-10-39(26)25-14-23-22(12-17(25)15-32)35-28(36-23)20-16-34-40-11-8-27(37-29(20)40)38-9-2-4-24(38)19-13-18(30)6-7-21(19)31/h6-8,11-14,16,24,26H,2-5,9-10H2,(H,35,36)/t24-,26+/m1/s1. The van der Waals surface area contributed by atoms with Crippen molar-refractivity contribution >= 4 is 28.2 Å². The minimum Gasteiger partial charge on any atom is -0.349 e. The highest BCUT2D eigenvalue weighted by molar-refractivity contribution is 5.88. The average Bonchev–Trinajstić information content (AvgIpc) is 3.77. The molecule has 5 heterocycles. The summed E-state index contributed by atoms with van der Waals surface area (Å²) in [5.74, 6) is 0.295. The number of benzene rings is 2. The number of imidazole rings is 1. The maximum Gasteiger partial charge on any atom is 0.298 e. The lowest BCUT2D eigenvalue weighted by Gasteiger charge is -2.26. The van der Waals surface area contributed by atoms with Gasteiger partial charge in [0.05, 0.1) is 40.1 Å². The molecule has 11 heteroatoms. The number of halogens is 2. The summed E-state index contributed by atoms with van der Waals surface area (Å²) in [6.45, 7) is 8.92. The number of aromatic nitrogens is 5. The van der Waals surface area contributed by atoms with Crippen LogP contribution in [0.25, 0.3) is 32.9 Å². The fourth-order valence-electron chi connectivity index (χ4n) is 5.99. The molecule has 9 nitrogen and oxygen atoms in total. The van der Waals surface area contributed by atoms with Crippen molar-refractivity contribution in [3.63, 3.8) is 0 Å². The van der Waals surface area contributed by atoms with Crippen molar-refractivity contribution < 1.29 is 8.78 Å². The summed E-state index contributed by atoms with van der Waals surface area (Å²) in [4.78, 5) is 20.7. The highest BCUT2D eigenvalue weighted by Gasteiger charge is 2.32. The van der Waals surface area contributed by atoms with Crippen molar-refractivity contribution in [2.75, 3.05) is 22.9 Å². The highest BCUT2D eigenvalue weighted by atomic mass is 19.1. The van der Waals surface area contributed by atoms with E-state index in [0.29, 0.717) is 58.0 Å². The van der Waals surface area contributed by atoms with Crippen LogP contribution in [0.2, 0.25) is 0 Å². The Balaban J connectivity index is 1.28. The predicted molar refractivity (Wildman–Crippen MR) is 145 cm³/mol. The Morgan fingerprint density at radius 1 is 1.05 bits per heavy atom. The molecule has 0 spiro atoms. The third-order valence-corrected chi connectivity index (χ3v) is 7.87. The van der Waals surface area contributed by atoms with Crippen LogP contribution in [0.4, 0.5) is 20.3 Å². The molecule has 7 rings (SSSR count). The molecule has 40 heavy (non-hydrogen) atoms. The lowest BCUT2D eigenvalue weighted by atomic mass is 10.0. The molecule has 0 aliphatic carbocycles. The zero-order valence-corrected chi connectivity index (χ0v) is 21.3. The molecule has 2 fully saturated rings. The molecule has 5 aromatic rings. The quantitative estimate of drug-likeness (QED) is 0.301. The topological polar surface area (TPSA) is 93.5 Å². The second-order valence-electron chi connectivity index (χ2n) is 10.2. The Hall–Kier alpha value is -5.03. The van der Waals surface area contributed by atoms with Crippen molar-refractivity contribution in [1.82, 2.24) is 24.6 Å². The zero-order chi connectivity index (χ0) is 27.4. The molecule has 2 saturated heterocycles. The second kappa shape index (κ2) is 9.31. The van der Waals surface area contributed by atoms with E-state index in [1.807, 2.05) is 21.9 Å². The van der Waals surface area contributed by atoms with Crippen molar-refractivity contribution in [2.45, 2.75) is 37.9 Å². The average molecular weight is 536 g/mol. The van der Waals surface area contributed by atoms with E-state index in [9.17, 15) is 14.0 Å². The van der Waals surface area contributed by atoms with Crippen LogP contribution >= 0.6 is 0 Å². The molecule has 0 amide bonds. The van der Waals surface area contributed by atoms with E-state index in [1.165, 1.54) is 12.1 Å². The monoisotopic (exact) mass is 535 g/mol. The fourth-order valence-corrected chi connectivity index (χ4v) is 5.99. The molecule has 2 aromatic carbocycles. The number of nitrogens with zero attached hydrogens (tertiary/aromatic N) is 8. The van der Waals surface area contributed by atoms with Gasteiger partial charge in [-0.1, -0.05) is 0 Å². The van der Waals surface area contributed by atoms with E-state index in [0.717, 1.165) is 37.6 Å². The summed E-state index contributed by atoms with van der Waals surface area (Å²) >= 11 is 0. The summed E-state index contributed by atoms with van der Waals surface area (Å²) in [5, 5.41) is 14.3. The maximum absolute atomic E-state index is 14.6. The minimum atomic E-state index is -0.466. The number of anilines is 2. The number of nitrogens with one attached hydrogen (secondary N) is 1. The first-order chi connectivity index (χ1) is 19.5. The smallest absolute Gasteiger partial charge is 0.298 e. The lowest BCUT2D eigenvalue weighted by Crippen LogP contribution is -2.26. The Morgan fingerprint density at radius 2 is 1.90 bits per heavy atom. The fraction of sp³-hybridized carbons (Fsp3) is 0.276. The van der Waals surface area contributed by atoms with E-state index in [4.69, 9.17) is 16.5 Å². The number of fused-ring (bicyclic) bond motifs is 2. The van der Waals surface area contributed by atoms with Gasteiger partial charge in [0.1, 0.15) is 29.3 Å². The molecular weight excluding hydrogens is 512 g/mol. The van der Waals surface area contributed by atoms with Gasteiger partial charge >= 0.3 is 0 Å². The van der Waals surface area contributed by atoms with Crippen LogP contribution < -0.4 is 9.80 Å². The van der Waals surface area contributed by atoms with Gasteiger partial charge in [0.2, 0.25) is 0 Å². The Kier molecular flexibility index (Phi) is 5.60. The number of hydrogen-bond acceptors (Lipinski definition) is 6. The third-order valence-electron chi connectivity index (χ3n) is 7.87. The van der Waals surface area contributed by atoms with Crippen LogP contribution in [0.15, 0.2) is 48.8 Å². The van der Waals surface area contributed by atoms with Crippen LogP contribution in [0.3, 0.4) is 0 Å². The molecule has 2 aliphatic heterocycles. The molecule has 2 atom stereocenters. The Bertz CT molecular complexity index is 1860. The number of aromatic amines is 1. The van der Waals surface area contributed by atoms with Crippen LogP contribution in [-0.2, 0) is 0 Å². The van der Waals surface area contributed by atoms with Gasteiger partial charge in [-0.3, -0.25) is 4.85 Å². The summed E-state index contributed by atoms with van der Waals surface area (Å²) in [7, 11) is 0. The van der Waals surface area contributed by atoms with Crippen LogP contribution in [-0.4, -0.2) is 43.8 Å². The van der Waals surface area contributed by atoms with Crippen LogP contribution in [0.1, 0.15) is 42.9 Å². The number of hydrogen-bond donors (Lipinski definition) is 1. The van der Waals surface area contributed by atoms with Gasteiger partial charge in [-0.2, -0.15) is 10.4 Å². The molecule has 3 aromatic heterocycles. The third kappa shape index (κ3) is 3.82. The van der Waals surface area contributed by atoms with E-state index < -0.39 is 11.6 Å². The van der Waals surface area contributed by atoms with E-state index in [2.05, 4.69) is 21.0 Å². The molecule has 0 bridgehead atoms. The number of nitriles is 1. The summed E-state index contributed by atoms with van der Waals surface area (Å²) in [6.07, 6.45) is 6.40. The number of rotatable bonds is 4. The largest absolute Gasteiger partial charge is 0.349 e. The zero-order valence-electron chi connectivity index (χ0n) is 21.3. The van der Waals surface area contributed by atoms with Gasteiger partial charge in [0, 0.05) is 31.3 Å². The summed E-state index contributed by atoms with van der Waals surface area (Å²) < 4.78 is 30.3.